The summed E-state index contributed by atoms with van der Waals surface area (Å²) in [4.78, 5) is 19.4. The molecule has 2 aromatic rings. The van der Waals surface area contributed by atoms with Crippen LogP contribution in [0.4, 0.5) is 0 Å². The predicted octanol–water partition coefficient (Wildman–Crippen LogP) is 3.17. The maximum Gasteiger partial charge on any atom is 0.241 e. The number of aliphatic imine (C=N–C) groups is 1. The number of likely N-dealkylation sites (N-methyl/N-ethyl adjacent to an activating group) is 1. The predicted molar refractivity (Wildman–Crippen MR) is 118 cm³/mol. The molecule has 1 fully saturated rings. The van der Waals surface area contributed by atoms with Gasteiger partial charge in [0.2, 0.25) is 5.91 Å². The second-order valence-electron chi connectivity index (χ2n) is 7.61. The SMILES string of the molecule is Cc1ccc(CN=C(NCC(=O)N(C)C)NCc2cccs2)c(OCC2CC2)c1. The first-order valence-corrected chi connectivity index (χ1v) is 10.9. The number of hydrogen-bond acceptors (Lipinski definition) is 4. The van der Waals surface area contributed by atoms with Gasteiger partial charge in [-0.05, 0) is 48.8 Å². The molecule has 1 amide bonds. The molecule has 2 N–H and O–H groups in total. The van der Waals surface area contributed by atoms with Crippen LogP contribution in [-0.2, 0) is 17.9 Å². The first kappa shape index (κ1) is 21.2. The molecule has 0 unspecified atom stereocenters. The Kier molecular flexibility index (Phi) is 7.52. The molecule has 7 heteroatoms. The Balaban J connectivity index is 1.67. The molecule has 0 bridgehead atoms. The summed E-state index contributed by atoms with van der Waals surface area (Å²) in [5, 5.41) is 8.50. The molecule has 0 spiro atoms. The van der Waals surface area contributed by atoms with Crippen LogP contribution >= 0.6 is 11.3 Å². The average Bonchev–Trinajstić information content (AvgIpc) is 3.39. The molecule has 1 aromatic heterocycles. The van der Waals surface area contributed by atoms with Crippen LogP contribution < -0.4 is 15.4 Å². The largest absolute Gasteiger partial charge is 0.493 e. The number of amides is 1. The van der Waals surface area contributed by atoms with Gasteiger partial charge in [-0.2, -0.15) is 0 Å². The summed E-state index contributed by atoms with van der Waals surface area (Å²) in [5.41, 5.74) is 2.22. The van der Waals surface area contributed by atoms with Crippen molar-refractivity contribution in [2.75, 3.05) is 27.2 Å². The van der Waals surface area contributed by atoms with E-state index in [-0.39, 0.29) is 12.5 Å². The number of ether oxygens (including phenoxy) is 1. The molecule has 6 nitrogen and oxygen atoms in total. The van der Waals surface area contributed by atoms with Gasteiger partial charge in [-0.25, -0.2) is 4.99 Å². The summed E-state index contributed by atoms with van der Waals surface area (Å²) in [7, 11) is 3.49. The summed E-state index contributed by atoms with van der Waals surface area (Å²) >= 11 is 1.69. The third kappa shape index (κ3) is 7.09. The van der Waals surface area contributed by atoms with Crippen molar-refractivity contribution in [2.45, 2.75) is 32.9 Å². The lowest BCUT2D eigenvalue weighted by Crippen LogP contribution is -2.42. The highest BCUT2D eigenvalue weighted by Crippen LogP contribution is 2.31. The van der Waals surface area contributed by atoms with E-state index in [1.807, 2.05) is 11.4 Å². The van der Waals surface area contributed by atoms with Crippen molar-refractivity contribution in [1.82, 2.24) is 15.5 Å². The molecule has 1 aromatic carbocycles. The fraction of sp³-hybridized carbons (Fsp3) is 0.455. The maximum absolute atomic E-state index is 12.0. The first-order chi connectivity index (χ1) is 14.0. The smallest absolute Gasteiger partial charge is 0.241 e. The van der Waals surface area contributed by atoms with Crippen molar-refractivity contribution in [2.24, 2.45) is 10.9 Å². The molecule has 156 valence electrons. The van der Waals surface area contributed by atoms with E-state index in [0.29, 0.717) is 25.0 Å². The van der Waals surface area contributed by atoms with Gasteiger partial charge in [-0.3, -0.25) is 4.79 Å². The highest BCUT2D eigenvalue weighted by Gasteiger charge is 2.22. The first-order valence-electron chi connectivity index (χ1n) is 9.98. The van der Waals surface area contributed by atoms with Crippen molar-refractivity contribution in [3.63, 3.8) is 0 Å². The normalized spacial score (nSPS) is 13.8. The monoisotopic (exact) mass is 414 g/mol. The number of rotatable bonds is 9. The minimum atomic E-state index is -0.000541. The summed E-state index contributed by atoms with van der Waals surface area (Å²) < 4.78 is 6.05. The topological polar surface area (TPSA) is 66.0 Å². The lowest BCUT2D eigenvalue weighted by Gasteiger charge is -2.15. The second-order valence-corrected chi connectivity index (χ2v) is 8.64. The highest BCUT2D eigenvalue weighted by molar-refractivity contribution is 7.09. The van der Waals surface area contributed by atoms with E-state index in [0.717, 1.165) is 17.9 Å². The number of hydrogen-bond donors (Lipinski definition) is 2. The minimum absolute atomic E-state index is 0.000541. The van der Waals surface area contributed by atoms with Crippen LogP contribution in [0.25, 0.3) is 0 Å². The zero-order valence-electron chi connectivity index (χ0n) is 17.4. The average molecular weight is 415 g/mol. The molecule has 0 aliphatic heterocycles. The number of aryl methyl sites for hydroxylation is 1. The quantitative estimate of drug-likeness (QED) is 0.489. The maximum atomic E-state index is 12.0. The third-order valence-electron chi connectivity index (χ3n) is 4.72. The van der Waals surface area contributed by atoms with Crippen LogP contribution in [0.1, 0.15) is 28.8 Å². The molecule has 3 rings (SSSR count). The minimum Gasteiger partial charge on any atom is -0.493 e. The number of carbonyl (C=O) groups excluding carboxylic acids is 1. The van der Waals surface area contributed by atoms with Gasteiger partial charge >= 0.3 is 0 Å². The summed E-state index contributed by atoms with van der Waals surface area (Å²) in [6.45, 7) is 4.19. The number of thiophene rings is 1. The van der Waals surface area contributed by atoms with Crippen molar-refractivity contribution >= 4 is 23.2 Å². The highest BCUT2D eigenvalue weighted by atomic mass is 32.1. The van der Waals surface area contributed by atoms with Crippen LogP contribution in [0, 0.1) is 12.8 Å². The molecule has 1 heterocycles. The van der Waals surface area contributed by atoms with Crippen molar-refractivity contribution in [3.05, 3.63) is 51.7 Å². The van der Waals surface area contributed by atoms with Crippen LogP contribution in [0.15, 0.2) is 40.7 Å². The van der Waals surface area contributed by atoms with E-state index in [1.54, 1.807) is 30.3 Å². The van der Waals surface area contributed by atoms with E-state index >= 15 is 0 Å². The van der Waals surface area contributed by atoms with Gasteiger partial charge in [-0.15, -0.1) is 11.3 Å². The molecule has 1 aliphatic carbocycles. The van der Waals surface area contributed by atoms with Crippen LogP contribution in [0.5, 0.6) is 5.75 Å². The summed E-state index contributed by atoms with van der Waals surface area (Å²) in [5.74, 6) is 2.22. The Bertz CT molecular complexity index is 829. The lowest BCUT2D eigenvalue weighted by molar-refractivity contribution is -0.127. The standard InChI is InChI=1S/C22H30N4O2S/c1-16-6-9-18(20(11-16)28-15-17-7-8-17)12-23-22(25-14-21(27)26(2)3)24-13-19-5-4-10-29-19/h4-6,9-11,17H,7-8,12-15H2,1-3H3,(H2,23,24,25). The van der Waals surface area contributed by atoms with Crippen molar-refractivity contribution in [1.29, 1.82) is 0 Å². The van der Waals surface area contributed by atoms with Gasteiger partial charge in [0.05, 0.1) is 26.2 Å². The Morgan fingerprint density at radius 2 is 2.10 bits per heavy atom. The molecule has 1 aliphatic rings. The van der Waals surface area contributed by atoms with E-state index in [1.165, 1.54) is 23.3 Å². The molecule has 0 radical (unpaired) electrons. The van der Waals surface area contributed by atoms with Crippen LogP contribution in [-0.4, -0.2) is 44.0 Å². The number of nitrogens with zero attached hydrogens (tertiary/aromatic N) is 2. The van der Waals surface area contributed by atoms with E-state index in [4.69, 9.17) is 9.73 Å². The Morgan fingerprint density at radius 3 is 2.79 bits per heavy atom. The number of guanidine groups is 1. The summed E-state index contributed by atoms with van der Waals surface area (Å²) in [6, 6.07) is 10.3. The van der Waals surface area contributed by atoms with Crippen molar-refractivity contribution < 1.29 is 9.53 Å². The molecular formula is C22H30N4O2S. The second kappa shape index (κ2) is 10.3. The van der Waals surface area contributed by atoms with Crippen molar-refractivity contribution in [3.8, 4) is 5.75 Å². The number of carbonyl (C=O) groups is 1. The molecule has 1 saturated carbocycles. The van der Waals surface area contributed by atoms with Gasteiger partial charge in [-0.1, -0.05) is 18.2 Å². The summed E-state index contributed by atoms with van der Waals surface area (Å²) in [6.07, 6.45) is 2.53. The Labute approximate surface area is 177 Å². The number of benzene rings is 1. The van der Waals surface area contributed by atoms with Gasteiger partial charge in [0.1, 0.15) is 5.75 Å². The lowest BCUT2D eigenvalue weighted by atomic mass is 10.1. The fourth-order valence-corrected chi connectivity index (χ4v) is 3.30. The Hall–Kier alpha value is -2.54. The van der Waals surface area contributed by atoms with Gasteiger partial charge in [0, 0.05) is 24.5 Å². The molecular weight excluding hydrogens is 384 g/mol. The van der Waals surface area contributed by atoms with E-state index in [2.05, 4.69) is 41.8 Å². The molecule has 0 saturated heterocycles. The van der Waals surface area contributed by atoms with E-state index in [9.17, 15) is 4.79 Å². The fourth-order valence-electron chi connectivity index (χ4n) is 2.66. The third-order valence-corrected chi connectivity index (χ3v) is 5.59. The van der Waals surface area contributed by atoms with Crippen LogP contribution in [0.3, 0.4) is 0 Å². The van der Waals surface area contributed by atoms with Gasteiger partial charge in [0.25, 0.3) is 0 Å². The van der Waals surface area contributed by atoms with Gasteiger partial charge in [0.15, 0.2) is 5.96 Å². The van der Waals surface area contributed by atoms with Gasteiger partial charge < -0.3 is 20.3 Å². The van der Waals surface area contributed by atoms with Crippen LogP contribution in [0.2, 0.25) is 0 Å². The number of nitrogens with one attached hydrogen (secondary N) is 2. The van der Waals surface area contributed by atoms with E-state index < -0.39 is 0 Å². The Morgan fingerprint density at radius 1 is 1.28 bits per heavy atom. The molecule has 0 atom stereocenters. The molecule has 29 heavy (non-hydrogen) atoms. The zero-order chi connectivity index (χ0) is 20.6. The zero-order valence-corrected chi connectivity index (χ0v) is 18.2.